The molecule has 0 unspecified atom stereocenters. The van der Waals surface area contributed by atoms with Gasteiger partial charge in [-0.1, -0.05) is 32.4 Å². The van der Waals surface area contributed by atoms with Crippen molar-refractivity contribution < 1.29 is 9.16 Å². The van der Waals surface area contributed by atoms with E-state index < -0.39 is 8.32 Å². The number of rotatable bonds is 5. The maximum absolute atomic E-state index is 6.05. The van der Waals surface area contributed by atoms with Gasteiger partial charge in [0.15, 0.2) is 8.32 Å². The normalized spacial score (nSPS) is 12.6. The Bertz CT molecular complexity index is 430. The molecule has 0 fully saturated rings. The van der Waals surface area contributed by atoms with Gasteiger partial charge >= 0.3 is 0 Å². The maximum Gasteiger partial charge on any atom is 0.192 e. The smallest absolute Gasteiger partial charge is 0.192 e. The second-order valence-electron chi connectivity index (χ2n) is 6.03. The Morgan fingerprint density at radius 1 is 1.21 bits per heavy atom. The lowest BCUT2D eigenvalue weighted by molar-refractivity contribution is 0.203. The van der Waals surface area contributed by atoms with Gasteiger partial charge in [-0.15, -0.1) is 0 Å². The Balaban J connectivity index is 2.43. The lowest BCUT2D eigenvalue weighted by Crippen LogP contribution is -2.41. The lowest BCUT2D eigenvalue weighted by Gasteiger charge is -2.36. The molecule has 0 aliphatic carbocycles. The summed E-state index contributed by atoms with van der Waals surface area (Å²) in [4.78, 5) is 0. The molecule has 0 amide bonds. The van der Waals surface area contributed by atoms with E-state index in [-0.39, 0.29) is 5.04 Å². The summed E-state index contributed by atoms with van der Waals surface area (Å²) in [5, 5.41) is 0.921. The molecule has 0 saturated heterocycles. The van der Waals surface area contributed by atoms with E-state index in [1.807, 2.05) is 18.2 Å². The minimum Gasteiger partial charge on any atom is -0.490 e. The standard InChI is InChI=1S/C14H22BrClO2Si/c1-14(2,3)19(4,5)18-9-8-17-13-7-6-11(16)10-12(13)15/h6-7,10H,8-9H2,1-5H3. The van der Waals surface area contributed by atoms with Crippen molar-refractivity contribution in [2.45, 2.75) is 38.9 Å². The summed E-state index contributed by atoms with van der Waals surface area (Å²) in [6, 6.07) is 5.50. The van der Waals surface area contributed by atoms with Crippen LogP contribution in [-0.4, -0.2) is 21.5 Å². The Labute approximate surface area is 130 Å². The number of halogens is 2. The third-order valence-corrected chi connectivity index (χ3v) is 8.90. The van der Waals surface area contributed by atoms with Crippen LogP contribution in [0.5, 0.6) is 5.75 Å². The molecule has 0 aromatic heterocycles. The summed E-state index contributed by atoms with van der Waals surface area (Å²) in [5.41, 5.74) is 0. The fraction of sp³-hybridized carbons (Fsp3) is 0.571. The number of benzene rings is 1. The largest absolute Gasteiger partial charge is 0.490 e. The first-order chi connectivity index (χ1) is 8.63. The first-order valence-corrected chi connectivity index (χ1v) is 10.4. The zero-order valence-corrected chi connectivity index (χ0v) is 15.6. The second-order valence-corrected chi connectivity index (χ2v) is 12.1. The summed E-state index contributed by atoms with van der Waals surface area (Å²) < 4.78 is 12.6. The monoisotopic (exact) mass is 364 g/mol. The summed E-state index contributed by atoms with van der Waals surface area (Å²) in [7, 11) is -1.68. The third kappa shape index (κ3) is 5.10. The van der Waals surface area contributed by atoms with Crippen molar-refractivity contribution in [2.24, 2.45) is 0 Å². The van der Waals surface area contributed by atoms with Crippen LogP contribution in [0, 0.1) is 0 Å². The van der Waals surface area contributed by atoms with E-state index in [0.29, 0.717) is 18.2 Å². The van der Waals surface area contributed by atoms with Crippen molar-refractivity contribution in [2.75, 3.05) is 13.2 Å². The van der Waals surface area contributed by atoms with Crippen LogP contribution in [0.4, 0.5) is 0 Å². The van der Waals surface area contributed by atoms with Gasteiger partial charge in [-0.25, -0.2) is 0 Å². The van der Waals surface area contributed by atoms with Gasteiger partial charge in [0.05, 0.1) is 11.1 Å². The van der Waals surface area contributed by atoms with Crippen LogP contribution in [-0.2, 0) is 4.43 Å². The molecule has 0 spiro atoms. The zero-order valence-electron chi connectivity index (χ0n) is 12.2. The van der Waals surface area contributed by atoms with Crippen LogP contribution in [0.3, 0.4) is 0 Å². The SMILES string of the molecule is CC(C)(C)[Si](C)(C)OCCOc1ccc(Cl)cc1Br. The summed E-state index contributed by atoms with van der Waals surface area (Å²) in [5.74, 6) is 0.795. The predicted octanol–water partition coefficient (Wildman–Crippen LogP) is 5.50. The molecule has 0 aliphatic rings. The second kappa shape index (κ2) is 6.61. The quantitative estimate of drug-likeness (QED) is 0.506. The van der Waals surface area contributed by atoms with Crippen molar-refractivity contribution in [3.8, 4) is 5.75 Å². The van der Waals surface area contributed by atoms with E-state index >= 15 is 0 Å². The van der Waals surface area contributed by atoms with Gasteiger partial charge in [0, 0.05) is 5.02 Å². The van der Waals surface area contributed by atoms with Gasteiger partial charge in [0.2, 0.25) is 0 Å². The van der Waals surface area contributed by atoms with E-state index in [4.69, 9.17) is 20.8 Å². The van der Waals surface area contributed by atoms with Gasteiger partial charge < -0.3 is 9.16 Å². The fourth-order valence-electron chi connectivity index (χ4n) is 1.26. The van der Waals surface area contributed by atoms with Crippen molar-refractivity contribution in [1.82, 2.24) is 0 Å². The van der Waals surface area contributed by atoms with Crippen LogP contribution in [0.15, 0.2) is 22.7 Å². The van der Waals surface area contributed by atoms with Gasteiger partial charge in [0.25, 0.3) is 0 Å². The minimum absolute atomic E-state index is 0.230. The number of hydrogen-bond donors (Lipinski definition) is 0. The van der Waals surface area contributed by atoms with Gasteiger partial charge in [-0.2, -0.15) is 0 Å². The summed E-state index contributed by atoms with van der Waals surface area (Å²) in [6.07, 6.45) is 0. The van der Waals surface area contributed by atoms with Crippen LogP contribution < -0.4 is 4.74 Å². The average molecular weight is 366 g/mol. The molecule has 0 bridgehead atoms. The molecule has 0 aliphatic heterocycles. The van der Waals surface area contributed by atoms with Gasteiger partial charge in [0.1, 0.15) is 12.4 Å². The van der Waals surface area contributed by atoms with Crippen molar-refractivity contribution in [3.63, 3.8) is 0 Å². The molecule has 5 heteroatoms. The minimum atomic E-state index is -1.68. The van der Waals surface area contributed by atoms with E-state index in [9.17, 15) is 0 Å². The highest BCUT2D eigenvalue weighted by Gasteiger charge is 2.36. The molecular weight excluding hydrogens is 344 g/mol. The molecule has 19 heavy (non-hydrogen) atoms. The molecule has 2 nitrogen and oxygen atoms in total. The highest BCUT2D eigenvalue weighted by Crippen LogP contribution is 2.36. The third-order valence-electron chi connectivity index (χ3n) is 3.50. The maximum atomic E-state index is 6.05. The molecule has 1 aromatic carbocycles. The molecule has 0 saturated carbocycles. The summed E-state index contributed by atoms with van der Waals surface area (Å²) in [6.45, 7) is 12.3. The number of ether oxygens (including phenoxy) is 1. The van der Waals surface area contributed by atoms with Crippen LogP contribution in [0.1, 0.15) is 20.8 Å². The van der Waals surface area contributed by atoms with Crippen LogP contribution >= 0.6 is 27.5 Å². The Kier molecular flexibility index (Phi) is 5.92. The molecule has 108 valence electrons. The van der Waals surface area contributed by atoms with Gasteiger partial charge in [-0.05, 0) is 52.3 Å². The molecule has 0 atom stereocenters. The fourth-order valence-corrected chi connectivity index (χ4v) is 3.08. The van der Waals surface area contributed by atoms with Crippen molar-refractivity contribution >= 4 is 35.8 Å². The molecule has 0 N–H and O–H groups in total. The van der Waals surface area contributed by atoms with Crippen molar-refractivity contribution in [1.29, 1.82) is 0 Å². The highest BCUT2D eigenvalue weighted by molar-refractivity contribution is 9.10. The van der Waals surface area contributed by atoms with E-state index in [1.165, 1.54) is 0 Å². The van der Waals surface area contributed by atoms with E-state index in [0.717, 1.165) is 10.2 Å². The Hall–Kier alpha value is -0.0331. The molecule has 0 radical (unpaired) electrons. The van der Waals surface area contributed by atoms with Crippen molar-refractivity contribution in [3.05, 3.63) is 27.7 Å². The zero-order chi connectivity index (χ0) is 14.7. The molecule has 1 rings (SSSR count). The van der Waals surface area contributed by atoms with Crippen LogP contribution in [0.25, 0.3) is 0 Å². The Morgan fingerprint density at radius 2 is 1.84 bits per heavy atom. The molecule has 1 aromatic rings. The topological polar surface area (TPSA) is 18.5 Å². The van der Waals surface area contributed by atoms with E-state index in [1.54, 1.807) is 0 Å². The van der Waals surface area contributed by atoms with Crippen LogP contribution in [0.2, 0.25) is 23.2 Å². The Morgan fingerprint density at radius 3 is 2.37 bits per heavy atom. The first-order valence-electron chi connectivity index (χ1n) is 6.35. The predicted molar refractivity (Wildman–Crippen MR) is 87.8 cm³/mol. The summed E-state index contributed by atoms with van der Waals surface area (Å²) >= 11 is 9.31. The molecule has 0 heterocycles. The number of hydrogen-bond acceptors (Lipinski definition) is 2. The lowest BCUT2D eigenvalue weighted by atomic mass is 10.2. The van der Waals surface area contributed by atoms with Gasteiger partial charge in [-0.3, -0.25) is 0 Å². The van der Waals surface area contributed by atoms with E-state index in [2.05, 4.69) is 49.8 Å². The average Bonchev–Trinajstić information content (AvgIpc) is 2.25. The highest BCUT2D eigenvalue weighted by atomic mass is 79.9. The first kappa shape index (κ1) is 17.0. The molecular formula is C14H22BrClO2Si.